The van der Waals surface area contributed by atoms with Gasteiger partial charge in [0.1, 0.15) is 0 Å². The van der Waals surface area contributed by atoms with E-state index in [1.54, 1.807) is 11.9 Å². The van der Waals surface area contributed by atoms with E-state index in [4.69, 9.17) is 0 Å². The molecule has 3 aromatic rings. The van der Waals surface area contributed by atoms with Gasteiger partial charge in [0.2, 0.25) is 0 Å². The highest BCUT2D eigenvalue weighted by Gasteiger charge is 2.15. The van der Waals surface area contributed by atoms with Crippen LogP contribution >= 0.6 is 0 Å². The van der Waals surface area contributed by atoms with E-state index in [9.17, 15) is 4.79 Å². The number of anilines is 1. The Labute approximate surface area is 154 Å². The van der Waals surface area contributed by atoms with Crippen molar-refractivity contribution in [2.45, 2.75) is 33.9 Å². The highest BCUT2D eigenvalue weighted by atomic mass is 16.2. The summed E-state index contributed by atoms with van der Waals surface area (Å²) in [5.41, 5.74) is 5.05. The SMILES string of the molecule is CCn1ncc(CN(C)C(=O)Nc2cccc(-n3cccc3)c2C)c1C. The van der Waals surface area contributed by atoms with Crippen LogP contribution in [-0.4, -0.2) is 32.3 Å². The van der Waals surface area contributed by atoms with E-state index in [1.165, 1.54) is 0 Å². The van der Waals surface area contributed by atoms with Gasteiger partial charge in [0, 0.05) is 48.6 Å². The van der Waals surface area contributed by atoms with Crippen LogP contribution in [0.2, 0.25) is 0 Å². The van der Waals surface area contributed by atoms with Gasteiger partial charge in [-0.25, -0.2) is 4.79 Å². The van der Waals surface area contributed by atoms with E-state index >= 15 is 0 Å². The van der Waals surface area contributed by atoms with Crippen molar-refractivity contribution in [3.8, 4) is 5.69 Å². The Kier molecular flexibility index (Phi) is 5.11. The zero-order valence-corrected chi connectivity index (χ0v) is 15.7. The highest BCUT2D eigenvalue weighted by Crippen LogP contribution is 2.23. The summed E-state index contributed by atoms with van der Waals surface area (Å²) in [6, 6.07) is 9.74. The van der Waals surface area contributed by atoms with Crippen molar-refractivity contribution >= 4 is 11.7 Å². The second-order valence-corrected chi connectivity index (χ2v) is 6.40. The van der Waals surface area contributed by atoms with Crippen molar-refractivity contribution in [1.82, 2.24) is 19.2 Å². The summed E-state index contributed by atoms with van der Waals surface area (Å²) < 4.78 is 3.98. The number of rotatable bonds is 5. The first-order valence-corrected chi connectivity index (χ1v) is 8.77. The first-order valence-electron chi connectivity index (χ1n) is 8.77. The van der Waals surface area contributed by atoms with Crippen molar-refractivity contribution in [2.75, 3.05) is 12.4 Å². The molecule has 0 radical (unpaired) electrons. The molecule has 2 heterocycles. The zero-order valence-electron chi connectivity index (χ0n) is 15.7. The minimum absolute atomic E-state index is 0.138. The van der Waals surface area contributed by atoms with Crippen molar-refractivity contribution < 1.29 is 4.79 Å². The van der Waals surface area contributed by atoms with Crippen LogP contribution in [-0.2, 0) is 13.1 Å². The Bertz CT molecular complexity index is 895. The number of benzene rings is 1. The number of carbonyl (C=O) groups excluding carboxylic acids is 1. The van der Waals surface area contributed by atoms with E-state index < -0.39 is 0 Å². The summed E-state index contributed by atoms with van der Waals surface area (Å²) in [4.78, 5) is 14.3. The Morgan fingerprint density at radius 3 is 2.58 bits per heavy atom. The normalized spacial score (nSPS) is 10.8. The maximum atomic E-state index is 12.6. The molecular formula is C20H25N5O. The molecule has 0 bridgehead atoms. The third-order valence-electron chi connectivity index (χ3n) is 4.69. The number of aryl methyl sites for hydroxylation is 1. The molecule has 136 valence electrons. The Morgan fingerprint density at radius 1 is 1.19 bits per heavy atom. The highest BCUT2D eigenvalue weighted by molar-refractivity contribution is 5.90. The molecule has 0 aliphatic carbocycles. The van der Waals surface area contributed by atoms with Gasteiger partial charge in [-0.2, -0.15) is 5.10 Å². The van der Waals surface area contributed by atoms with Crippen LogP contribution in [0.4, 0.5) is 10.5 Å². The lowest BCUT2D eigenvalue weighted by atomic mass is 10.1. The monoisotopic (exact) mass is 351 g/mol. The van der Waals surface area contributed by atoms with Gasteiger partial charge >= 0.3 is 6.03 Å². The number of amides is 2. The van der Waals surface area contributed by atoms with Crippen LogP contribution in [0.1, 0.15) is 23.7 Å². The first-order chi connectivity index (χ1) is 12.5. The number of nitrogens with zero attached hydrogens (tertiary/aromatic N) is 4. The minimum atomic E-state index is -0.138. The largest absolute Gasteiger partial charge is 0.324 e. The average molecular weight is 351 g/mol. The van der Waals surface area contributed by atoms with Gasteiger partial charge in [-0.3, -0.25) is 4.68 Å². The maximum Gasteiger partial charge on any atom is 0.321 e. The average Bonchev–Trinajstić information content (AvgIpc) is 3.27. The fraction of sp³-hybridized carbons (Fsp3) is 0.300. The summed E-state index contributed by atoms with van der Waals surface area (Å²) in [5, 5.41) is 7.36. The van der Waals surface area contributed by atoms with Crippen LogP contribution in [0.3, 0.4) is 0 Å². The zero-order chi connectivity index (χ0) is 18.7. The fourth-order valence-corrected chi connectivity index (χ4v) is 3.03. The lowest BCUT2D eigenvalue weighted by Crippen LogP contribution is -2.31. The molecule has 0 saturated carbocycles. The molecule has 1 aromatic carbocycles. The summed E-state index contributed by atoms with van der Waals surface area (Å²) in [6.45, 7) is 7.45. The third kappa shape index (κ3) is 3.49. The number of nitrogens with one attached hydrogen (secondary N) is 1. The molecule has 6 heteroatoms. The van der Waals surface area contributed by atoms with Gasteiger partial charge < -0.3 is 14.8 Å². The molecule has 1 N–H and O–H groups in total. The van der Waals surface area contributed by atoms with Crippen LogP contribution in [0.25, 0.3) is 5.69 Å². The second kappa shape index (κ2) is 7.47. The number of aromatic nitrogens is 3. The lowest BCUT2D eigenvalue weighted by Gasteiger charge is -2.20. The van der Waals surface area contributed by atoms with Crippen LogP contribution in [0, 0.1) is 13.8 Å². The molecule has 2 amide bonds. The quantitative estimate of drug-likeness (QED) is 0.756. The molecule has 0 fully saturated rings. The maximum absolute atomic E-state index is 12.6. The molecule has 2 aromatic heterocycles. The Balaban J connectivity index is 1.73. The van der Waals surface area contributed by atoms with E-state index in [1.807, 2.05) is 72.0 Å². The van der Waals surface area contributed by atoms with Gasteiger partial charge in [-0.05, 0) is 50.6 Å². The van der Waals surface area contributed by atoms with Crippen LogP contribution in [0.5, 0.6) is 0 Å². The molecule has 0 saturated heterocycles. The van der Waals surface area contributed by atoms with Gasteiger partial charge in [0.25, 0.3) is 0 Å². The molecule has 0 atom stereocenters. The Morgan fingerprint density at radius 2 is 1.92 bits per heavy atom. The van der Waals surface area contributed by atoms with E-state index in [0.717, 1.165) is 34.7 Å². The predicted molar refractivity (Wildman–Crippen MR) is 104 cm³/mol. The number of urea groups is 1. The summed E-state index contributed by atoms with van der Waals surface area (Å²) in [6.07, 6.45) is 5.82. The van der Waals surface area contributed by atoms with Crippen LogP contribution in [0.15, 0.2) is 48.9 Å². The second-order valence-electron chi connectivity index (χ2n) is 6.40. The van der Waals surface area contributed by atoms with Crippen molar-refractivity contribution in [3.63, 3.8) is 0 Å². The van der Waals surface area contributed by atoms with E-state index in [-0.39, 0.29) is 6.03 Å². The topological polar surface area (TPSA) is 55.1 Å². The van der Waals surface area contributed by atoms with E-state index in [2.05, 4.69) is 17.3 Å². The number of carbonyl (C=O) groups is 1. The molecule has 0 aliphatic rings. The molecule has 0 spiro atoms. The van der Waals surface area contributed by atoms with Crippen LogP contribution < -0.4 is 5.32 Å². The molecule has 26 heavy (non-hydrogen) atoms. The minimum Gasteiger partial charge on any atom is -0.324 e. The number of hydrogen-bond donors (Lipinski definition) is 1. The molecular weight excluding hydrogens is 326 g/mol. The molecule has 6 nitrogen and oxygen atoms in total. The smallest absolute Gasteiger partial charge is 0.321 e. The molecule has 3 rings (SSSR count). The van der Waals surface area contributed by atoms with Crippen molar-refractivity contribution in [1.29, 1.82) is 0 Å². The summed E-state index contributed by atoms with van der Waals surface area (Å²) in [5.74, 6) is 0. The Hall–Kier alpha value is -3.02. The predicted octanol–water partition coefficient (Wildman–Crippen LogP) is 3.97. The summed E-state index contributed by atoms with van der Waals surface area (Å²) >= 11 is 0. The fourth-order valence-electron chi connectivity index (χ4n) is 3.03. The van der Waals surface area contributed by atoms with Gasteiger partial charge in [0.05, 0.1) is 12.7 Å². The van der Waals surface area contributed by atoms with E-state index in [0.29, 0.717) is 6.54 Å². The first kappa shape index (κ1) is 17.8. The third-order valence-corrected chi connectivity index (χ3v) is 4.69. The van der Waals surface area contributed by atoms with Crippen molar-refractivity contribution in [2.24, 2.45) is 0 Å². The lowest BCUT2D eigenvalue weighted by molar-refractivity contribution is 0.220. The van der Waals surface area contributed by atoms with Gasteiger partial charge in [-0.15, -0.1) is 0 Å². The molecule has 0 unspecified atom stereocenters. The van der Waals surface area contributed by atoms with Gasteiger partial charge in [-0.1, -0.05) is 6.07 Å². The summed E-state index contributed by atoms with van der Waals surface area (Å²) in [7, 11) is 1.79. The van der Waals surface area contributed by atoms with Crippen molar-refractivity contribution in [3.05, 3.63) is 65.7 Å². The number of hydrogen-bond acceptors (Lipinski definition) is 2. The molecule has 0 aliphatic heterocycles. The standard InChI is InChI=1S/C20H25N5O/c1-5-25-16(3)17(13-21-25)14-23(4)20(26)22-18-9-8-10-19(15(18)2)24-11-6-7-12-24/h6-13H,5,14H2,1-4H3,(H,22,26). The van der Waals surface area contributed by atoms with Gasteiger partial charge in [0.15, 0.2) is 0 Å².